The first-order valence-corrected chi connectivity index (χ1v) is 9.62. The fourth-order valence-electron chi connectivity index (χ4n) is 3.73. The van der Waals surface area contributed by atoms with Gasteiger partial charge in [0.05, 0.1) is 12.9 Å². The van der Waals surface area contributed by atoms with E-state index in [0.717, 1.165) is 16.5 Å². The topological polar surface area (TPSA) is 105 Å². The first-order valence-electron chi connectivity index (χ1n) is 9.62. The molecule has 30 heavy (non-hydrogen) atoms. The zero-order valence-corrected chi connectivity index (χ0v) is 16.2. The van der Waals surface area contributed by atoms with Gasteiger partial charge in [-0.1, -0.05) is 48.5 Å². The summed E-state index contributed by atoms with van der Waals surface area (Å²) >= 11 is 0. The van der Waals surface area contributed by atoms with Crippen molar-refractivity contribution >= 4 is 33.6 Å². The summed E-state index contributed by atoms with van der Waals surface area (Å²) in [6.07, 6.45) is 1.67. The molecule has 7 heteroatoms. The Morgan fingerprint density at radius 3 is 2.37 bits per heavy atom. The molecular weight excluding hydrogens is 376 g/mol. The van der Waals surface area contributed by atoms with Gasteiger partial charge in [-0.15, -0.1) is 0 Å². The second-order valence-corrected chi connectivity index (χ2v) is 7.33. The molecule has 2 aromatic heterocycles. The first kappa shape index (κ1) is 17.9. The van der Waals surface area contributed by atoms with Crippen LogP contribution in [0.2, 0.25) is 0 Å². The van der Waals surface area contributed by atoms with Crippen LogP contribution in [0.5, 0.6) is 0 Å². The summed E-state index contributed by atoms with van der Waals surface area (Å²) in [7, 11) is 0. The maximum absolute atomic E-state index is 12.7. The van der Waals surface area contributed by atoms with Gasteiger partial charge in [0.15, 0.2) is 11.2 Å². The van der Waals surface area contributed by atoms with Crippen molar-refractivity contribution in [3.63, 3.8) is 0 Å². The Labute approximate surface area is 172 Å². The monoisotopic (exact) mass is 396 g/mol. The lowest BCUT2D eigenvalue weighted by Crippen LogP contribution is -2.20. The predicted molar refractivity (Wildman–Crippen MR) is 119 cm³/mol. The maximum atomic E-state index is 12.7. The Morgan fingerprint density at radius 2 is 1.57 bits per heavy atom. The lowest BCUT2D eigenvalue weighted by atomic mass is 10.1. The Hall–Kier alpha value is -4.13. The van der Waals surface area contributed by atoms with Crippen molar-refractivity contribution in [3.8, 4) is 0 Å². The molecule has 5 aromatic rings. The molecular formula is C23H20N6O. The minimum absolute atomic E-state index is 0.139. The average Bonchev–Trinajstić information content (AvgIpc) is 3.16. The second kappa shape index (κ2) is 7.04. The molecule has 148 valence electrons. The molecule has 0 spiro atoms. The molecule has 0 saturated heterocycles. The van der Waals surface area contributed by atoms with Gasteiger partial charge < -0.3 is 16.0 Å². The van der Waals surface area contributed by atoms with Gasteiger partial charge in [-0.05, 0) is 40.1 Å². The molecule has 0 aliphatic carbocycles. The van der Waals surface area contributed by atoms with Crippen molar-refractivity contribution in [2.75, 3.05) is 11.5 Å². The fraction of sp³-hybridized carbons (Fsp3) is 0.0870. The number of nitrogens with zero attached hydrogens (tertiary/aromatic N) is 4. The third-order valence-corrected chi connectivity index (χ3v) is 5.26. The van der Waals surface area contributed by atoms with Crippen LogP contribution in [0.4, 0.5) is 11.6 Å². The molecule has 5 rings (SSSR count). The van der Waals surface area contributed by atoms with Crippen molar-refractivity contribution in [1.82, 2.24) is 19.1 Å². The molecule has 0 fully saturated rings. The van der Waals surface area contributed by atoms with Gasteiger partial charge in [0.2, 0.25) is 5.95 Å². The smallest absolute Gasteiger partial charge is 0.300 e. The van der Waals surface area contributed by atoms with Crippen LogP contribution in [-0.4, -0.2) is 19.1 Å². The molecule has 0 unspecified atom stereocenters. The summed E-state index contributed by atoms with van der Waals surface area (Å²) in [5, 5.41) is 2.33. The number of rotatable bonds is 4. The summed E-state index contributed by atoms with van der Waals surface area (Å²) < 4.78 is 3.58. The quantitative estimate of drug-likeness (QED) is 0.454. The molecule has 3 aromatic carbocycles. The Bertz CT molecular complexity index is 1430. The number of hydrogen-bond donors (Lipinski definition) is 2. The van der Waals surface area contributed by atoms with E-state index >= 15 is 0 Å². The van der Waals surface area contributed by atoms with Gasteiger partial charge in [-0.3, -0.25) is 9.36 Å². The van der Waals surface area contributed by atoms with Gasteiger partial charge >= 0.3 is 5.56 Å². The van der Waals surface area contributed by atoms with Crippen LogP contribution in [0.25, 0.3) is 21.9 Å². The molecule has 0 bridgehead atoms. The SMILES string of the molecule is Nc1ccc(Cn2c(N)nc(=O)c3c2ncn3Cc2ccc3ccccc3c2)cc1. The number of benzene rings is 3. The van der Waals surface area contributed by atoms with Gasteiger partial charge in [-0.25, -0.2) is 4.98 Å². The summed E-state index contributed by atoms with van der Waals surface area (Å²) in [4.78, 5) is 21.2. The van der Waals surface area contributed by atoms with Crippen molar-refractivity contribution in [2.45, 2.75) is 13.1 Å². The van der Waals surface area contributed by atoms with E-state index in [1.165, 1.54) is 5.39 Å². The molecule has 7 nitrogen and oxygen atoms in total. The first-order chi connectivity index (χ1) is 14.6. The van der Waals surface area contributed by atoms with Crippen LogP contribution < -0.4 is 17.0 Å². The maximum Gasteiger partial charge on any atom is 0.300 e. The molecule has 0 aliphatic heterocycles. The van der Waals surface area contributed by atoms with Crippen molar-refractivity contribution < 1.29 is 0 Å². The number of aromatic nitrogens is 4. The van der Waals surface area contributed by atoms with Crippen LogP contribution in [-0.2, 0) is 13.1 Å². The molecule has 0 atom stereocenters. The normalized spacial score (nSPS) is 11.3. The molecule has 0 saturated carbocycles. The fourth-order valence-corrected chi connectivity index (χ4v) is 3.73. The third kappa shape index (κ3) is 3.16. The molecule has 0 amide bonds. The highest BCUT2D eigenvalue weighted by Gasteiger charge is 2.15. The second-order valence-electron chi connectivity index (χ2n) is 7.33. The Balaban J connectivity index is 1.56. The van der Waals surface area contributed by atoms with E-state index in [1.807, 2.05) is 41.0 Å². The number of imidazole rings is 1. The van der Waals surface area contributed by atoms with Gasteiger partial charge in [0.25, 0.3) is 0 Å². The van der Waals surface area contributed by atoms with E-state index < -0.39 is 0 Å². The average molecular weight is 396 g/mol. The van der Waals surface area contributed by atoms with Crippen LogP contribution in [0, 0.1) is 0 Å². The van der Waals surface area contributed by atoms with Crippen LogP contribution in [0.1, 0.15) is 11.1 Å². The van der Waals surface area contributed by atoms with Gasteiger partial charge in [-0.2, -0.15) is 4.98 Å². The van der Waals surface area contributed by atoms with E-state index in [9.17, 15) is 4.79 Å². The molecule has 0 aliphatic rings. The highest BCUT2D eigenvalue weighted by molar-refractivity contribution is 5.83. The van der Waals surface area contributed by atoms with Crippen LogP contribution >= 0.6 is 0 Å². The Kier molecular flexibility index (Phi) is 4.21. The lowest BCUT2D eigenvalue weighted by molar-refractivity contribution is 0.798. The van der Waals surface area contributed by atoms with Crippen molar-refractivity contribution in [3.05, 3.63) is 94.5 Å². The van der Waals surface area contributed by atoms with Crippen LogP contribution in [0.3, 0.4) is 0 Å². The third-order valence-electron chi connectivity index (χ3n) is 5.26. The summed E-state index contributed by atoms with van der Waals surface area (Å²) in [5.74, 6) is 0.139. The number of anilines is 2. The minimum Gasteiger partial charge on any atom is -0.399 e. The highest BCUT2D eigenvalue weighted by Crippen LogP contribution is 2.19. The largest absolute Gasteiger partial charge is 0.399 e. The van der Waals surface area contributed by atoms with E-state index in [2.05, 4.69) is 40.3 Å². The number of hydrogen-bond acceptors (Lipinski definition) is 5. The molecule has 0 radical (unpaired) electrons. The van der Waals surface area contributed by atoms with E-state index in [-0.39, 0.29) is 11.5 Å². The summed E-state index contributed by atoms with van der Waals surface area (Å²) in [6.45, 7) is 0.965. The predicted octanol–water partition coefficient (Wildman–Crippen LogP) is 3.01. The van der Waals surface area contributed by atoms with Gasteiger partial charge in [0, 0.05) is 12.2 Å². The number of nitrogen functional groups attached to an aromatic ring is 2. The number of fused-ring (bicyclic) bond motifs is 2. The van der Waals surface area contributed by atoms with Gasteiger partial charge in [0.1, 0.15) is 0 Å². The van der Waals surface area contributed by atoms with Crippen molar-refractivity contribution in [1.29, 1.82) is 0 Å². The van der Waals surface area contributed by atoms with Crippen molar-refractivity contribution in [2.24, 2.45) is 0 Å². The van der Waals surface area contributed by atoms with E-state index in [1.54, 1.807) is 10.9 Å². The minimum atomic E-state index is -0.380. The lowest BCUT2D eigenvalue weighted by Gasteiger charge is -2.11. The highest BCUT2D eigenvalue weighted by atomic mass is 16.1. The van der Waals surface area contributed by atoms with E-state index in [0.29, 0.717) is 29.9 Å². The summed E-state index contributed by atoms with van der Waals surface area (Å²) in [6, 6.07) is 22.0. The van der Waals surface area contributed by atoms with E-state index in [4.69, 9.17) is 11.5 Å². The number of nitrogens with two attached hydrogens (primary N) is 2. The molecule has 4 N–H and O–H groups in total. The standard InChI is InChI=1S/C23H20N6O/c24-19-9-6-15(7-10-19)13-29-21-20(22(30)27-23(29)25)28(14-26-21)12-16-5-8-17-3-1-2-4-18(17)11-16/h1-11,14H,12-13,24H2,(H2,25,27,30). The zero-order valence-electron chi connectivity index (χ0n) is 16.2. The summed E-state index contributed by atoms with van der Waals surface area (Å²) in [5.41, 5.74) is 15.2. The van der Waals surface area contributed by atoms with Crippen LogP contribution in [0.15, 0.2) is 77.9 Å². The zero-order chi connectivity index (χ0) is 20.7. The molecule has 2 heterocycles. The Morgan fingerprint density at radius 1 is 0.833 bits per heavy atom.